The molecule has 3 aromatic rings. The van der Waals surface area contributed by atoms with Gasteiger partial charge in [-0.15, -0.1) is 0 Å². The summed E-state index contributed by atoms with van der Waals surface area (Å²) in [6.45, 7) is 1.76. The zero-order valence-electron chi connectivity index (χ0n) is 10.6. The Bertz CT molecular complexity index is 777. The minimum atomic E-state index is -0.449. The maximum absolute atomic E-state index is 12.0. The Hall–Kier alpha value is -2.33. The van der Waals surface area contributed by atoms with E-state index in [0.29, 0.717) is 33.3 Å². The Balaban J connectivity index is 1.86. The first-order valence-electron chi connectivity index (χ1n) is 5.97. The van der Waals surface area contributed by atoms with Crippen LogP contribution in [0, 0.1) is 6.92 Å². The van der Waals surface area contributed by atoms with Crippen LogP contribution in [0.15, 0.2) is 46.9 Å². The summed E-state index contributed by atoms with van der Waals surface area (Å²) in [5.74, 6) is 0.550. The van der Waals surface area contributed by atoms with Crippen LogP contribution in [0.3, 0.4) is 0 Å². The molecule has 0 aliphatic rings. The van der Waals surface area contributed by atoms with Gasteiger partial charge in [0.25, 0.3) is 0 Å². The van der Waals surface area contributed by atoms with Gasteiger partial charge < -0.3 is 9.15 Å². The second kappa shape index (κ2) is 4.98. The molecule has 0 radical (unpaired) electrons. The predicted molar refractivity (Wildman–Crippen MR) is 75.2 cm³/mol. The Morgan fingerprint density at radius 3 is 2.70 bits per heavy atom. The Labute approximate surface area is 119 Å². The van der Waals surface area contributed by atoms with Gasteiger partial charge in [0.1, 0.15) is 11.3 Å². The summed E-state index contributed by atoms with van der Waals surface area (Å²) in [5.41, 5.74) is 1.69. The van der Waals surface area contributed by atoms with Gasteiger partial charge in [0, 0.05) is 11.9 Å². The second-order valence-corrected chi connectivity index (χ2v) is 4.70. The van der Waals surface area contributed by atoms with E-state index in [0.717, 1.165) is 0 Å². The largest absolute Gasteiger partial charge is 0.441 e. The first kappa shape index (κ1) is 12.7. The number of aryl methyl sites for hydroxylation is 1. The highest BCUT2D eigenvalue weighted by Crippen LogP contribution is 2.20. The predicted octanol–water partition coefficient (Wildman–Crippen LogP) is 4.01. The van der Waals surface area contributed by atoms with E-state index in [4.69, 9.17) is 20.8 Å². The number of hydrogen-bond donors (Lipinski definition) is 0. The molecule has 0 aliphatic carbocycles. The number of carbonyl (C=O) groups excluding carboxylic acids is 1. The van der Waals surface area contributed by atoms with Crippen LogP contribution in [0.1, 0.15) is 16.2 Å². The van der Waals surface area contributed by atoms with Gasteiger partial charge in [0.05, 0.1) is 5.56 Å². The molecular weight excluding hydrogens is 278 g/mol. The van der Waals surface area contributed by atoms with Crippen LogP contribution in [0.25, 0.3) is 11.1 Å². The lowest BCUT2D eigenvalue weighted by Gasteiger charge is -2.04. The molecule has 0 unspecified atom stereocenters. The van der Waals surface area contributed by atoms with Gasteiger partial charge in [0.15, 0.2) is 11.5 Å². The van der Waals surface area contributed by atoms with Crippen LogP contribution in [0.4, 0.5) is 0 Å². The topological polar surface area (TPSA) is 52.3 Å². The van der Waals surface area contributed by atoms with Crippen molar-refractivity contribution in [1.29, 1.82) is 0 Å². The fourth-order valence-corrected chi connectivity index (χ4v) is 1.96. The van der Waals surface area contributed by atoms with E-state index in [-0.39, 0.29) is 0 Å². The molecule has 5 heteroatoms. The van der Waals surface area contributed by atoms with Crippen molar-refractivity contribution in [3.05, 3.63) is 58.9 Å². The van der Waals surface area contributed by atoms with Crippen molar-refractivity contribution in [3.8, 4) is 5.75 Å². The summed E-state index contributed by atoms with van der Waals surface area (Å²) >= 11 is 5.77. The van der Waals surface area contributed by atoms with E-state index >= 15 is 0 Å². The molecular formula is C15H10ClNO3. The SMILES string of the molecule is Cc1nc2cc(C(=O)Oc3ccc(Cl)cc3)ccc2o1. The number of rotatable bonds is 2. The number of aromatic nitrogens is 1. The van der Waals surface area contributed by atoms with Crippen molar-refractivity contribution in [2.75, 3.05) is 0 Å². The quantitative estimate of drug-likeness (QED) is 0.528. The van der Waals surface area contributed by atoms with Gasteiger partial charge in [-0.1, -0.05) is 11.6 Å². The molecule has 1 aromatic heterocycles. The zero-order valence-corrected chi connectivity index (χ0v) is 11.3. The number of hydrogen-bond acceptors (Lipinski definition) is 4. The third-order valence-electron chi connectivity index (χ3n) is 2.75. The van der Waals surface area contributed by atoms with Crippen LogP contribution in [-0.4, -0.2) is 11.0 Å². The lowest BCUT2D eigenvalue weighted by molar-refractivity contribution is 0.0735. The third-order valence-corrected chi connectivity index (χ3v) is 3.01. The highest BCUT2D eigenvalue weighted by atomic mass is 35.5. The molecule has 4 nitrogen and oxygen atoms in total. The van der Waals surface area contributed by atoms with E-state index in [2.05, 4.69) is 4.98 Å². The monoisotopic (exact) mass is 287 g/mol. The van der Waals surface area contributed by atoms with Crippen molar-refractivity contribution in [3.63, 3.8) is 0 Å². The molecule has 0 N–H and O–H groups in total. The van der Waals surface area contributed by atoms with Crippen molar-refractivity contribution < 1.29 is 13.9 Å². The average Bonchev–Trinajstić information content (AvgIpc) is 2.80. The molecule has 0 fully saturated rings. The molecule has 3 rings (SSSR count). The highest BCUT2D eigenvalue weighted by Gasteiger charge is 2.11. The molecule has 0 atom stereocenters. The number of fused-ring (bicyclic) bond motifs is 1. The Kier molecular flexibility index (Phi) is 3.16. The second-order valence-electron chi connectivity index (χ2n) is 4.26. The van der Waals surface area contributed by atoms with Crippen LogP contribution < -0.4 is 4.74 Å². The Morgan fingerprint density at radius 1 is 1.20 bits per heavy atom. The Morgan fingerprint density at radius 2 is 1.95 bits per heavy atom. The number of benzene rings is 2. The molecule has 0 aliphatic heterocycles. The maximum Gasteiger partial charge on any atom is 0.343 e. The summed E-state index contributed by atoms with van der Waals surface area (Å²) in [5, 5.41) is 0.587. The molecule has 1 heterocycles. The van der Waals surface area contributed by atoms with Crippen LogP contribution >= 0.6 is 11.6 Å². The molecule has 0 bridgehead atoms. The van der Waals surface area contributed by atoms with E-state index < -0.39 is 5.97 Å². The molecule has 0 saturated carbocycles. The summed E-state index contributed by atoms with van der Waals surface area (Å²) < 4.78 is 10.6. The van der Waals surface area contributed by atoms with E-state index in [1.807, 2.05) is 0 Å². The first-order valence-corrected chi connectivity index (χ1v) is 6.34. The average molecular weight is 288 g/mol. The fraction of sp³-hybridized carbons (Fsp3) is 0.0667. The first-order chi connectivity index (χ1) is 9.61. The number of oxazole rings is 1. The normalized spacial score (nSPS) is 10.7. The fourth-order valence-electron chi connectivity index (χ4n) is 1.84. The van der Waals surface area contributed by atoms with Crippen LogP contribution in [0.2, 0.25) is 5.02 Å². The lowest BCUT2D eigenvalue weighted by atomic mass is 10.2. The van der Waals surface area contributed by atoms with E-state index in [1.54, 1.807) is 49.4 Å². The summed E-state index contributed by atoms with van der Waals surface area (Å²) in [6.07, 6.45) is 0. The molecule has 20 heavy (non-hydrogen) atoms. The molecule has 2 aromatic carbocycles. The number of ether oxygens (including phenoxy) is 1. The van der Waals surface area contributed by atoms with Gasteiger partial charge >= 0.3 is 5.97 Å². The van der Waals surface area contributed by atoms with Crippen LogP contribution in [0.5, 0.6) is 5.75 Å². The minimum Gasteiger partial charge on any atom is -0.441 e. The number of halogens is 1. The third kappa shape index (κ3) is 2.51. The van der Waals surface area contributed by atoms with Gasteiger partial charge in [0.2, 0.25) is 0 Å². The summed E-state index contributed by atoms with van der Waals surface area (Å²) in [6, 6.07) is 11.6. The standard InChI is InChI=1S/C15H10ClNO3/c1-9-17-13-8-10(2-7-14(13)19-9)15(18)20-12-5-3-11(16)4-6-12/h2-8H,1H3. The van der Waals surface area contributed by atoms with Crippen LogP contribution in [-0.2, 0) is 0 Å². The lowest BCUT2D eigenvalue weighted by Crippen LogP contribution is -2.08. The molecule has 0 spiro atoms. The maximum atomic E-state index is 12.0. The zero-order chi connectivity index (χ0) is 14.1. The molecule has 0 amide bonds. The highest BCUT2D eigenvalue weighted by molar-refractivity contribution is 6.30. The van der Waals surface area contributed by atoms with Gasteiger partial charge in [-0.2, -0.15) is 0 Å². The summed E-state index contributed by atoms with van der Waals surface area (Å²) in [4.78, 5) is 16.2. The number of nitrogens with zero attached hydrogens (tertiary/aromatic N) is 1. The van der Waals surface area contributed by atoms with Crippen molar-refractivity contribution in [2.45, 2.75) is 6.92 Å². The van der Waals surface area contributed by atoms with Crippen molar-refractivity contribution in [2.24, 2.45) is 0 Å². The van der Waals surface area contributed by atoms with Gasteiger partial charge in [-0.25, -0.2) is 9.78 Å². The number of carbonyl (C=O) groups is 1. The van der Waals surface area contributed by atoms with E-state index in [9.17, 15) is 4.79 Å². The van der Waals surface area contributed by atoms with Gasteiger partial charge in [-0.3, -0.25) is 0 Å². The van der Waals surface area contributed by atoms with Crippen molar-refractivity contribution >= 4 is 28.7 Å². The van der Waals surface area contributed by atoms with Crippen molar-refractivity contribution in [1.82, 2.24) is 4.98 Å². The van der Waals surface area contributed by atoms with Gasteiger partial charge in [-0.05, 0) is 42.5 Å². The molecule has 100 valence electrons. The van der Waals surface area contributed by atoms with E-state index in [1.165, 1.54) is 0 Å². The summed E-state index contributed by atoms with van der Waals surface area (Å²) in [7, 11) is 0. The smallest absolute Gasteiger partial charge is 0.343 e. The number of esters is 1. The minimum absolute atomic E-state index is 0.417. The molecule has 0 saturated heterocycles.